The van der Waals surface area contributed by atoms with Gasteiger partial charge >= 0.3 is 11.9 Å². The van der Waals surface area contributed by atoms with Gasteiger partial charge in [-0.25, -0.2) is 18.4 Å². The smallest absolute Gasteiger partial charge is 0.335 e. The first-order valence-electron chi connectivity index (χ1n) is 18.0. The van der Waals surface area contributed by atoms with Crippen LogP contribution in [0.3, 0.4) is 0 Å². The zero-order valence-corrected chi connectivity index (χ0v) is 29.9. The molecule has 50 heavy (non-hydrogen) atoms. The molecule has 1 unspecified atom stereocenters. The Bertz CT molecular complexity index is 1610. The zero-order valence-electron chi connectivity index (χ0n) is 29.9. The van der Waals surface area contributed by atoms with E-state index in [0.717, 1.165) is 29.0 Å². The first-order chi connectivity index (χ1) is 24.0. The lowest BCUT2D eigenvalue weighted by atomic mass is 9.77. The zero-order chi connectivity index (χ0) is 36.2. The molecule has 1 aliphatic carbocycles. The molecule has 268 valence electrons. The number of benzene rings is 3. The van der Waals surface area contributed by atoms with Gasteiger partial charge in [0, 0.05) is 17.1 Å². The van der Waals surface area contributed by atoms with Gasteiger partial charge in [0.15, 0.2) is 0 Å². The highest BCUT2D eigenvalue weighted by Crippen LogP contribution is 2.39. The summed E-state index contributed by atoms with van der Waals surface area (Å²) in [6.07, 6.45) is 11.1. The monoisotopic (exact) mass is 686 g/mol. The second-order valence-corrected chi connectivity index (χ2v) is 13.8. The van der Waals surface area contributed by atoms with E-state index in [2.05, 4.69) is 51.3 Å². The number of hydrogen-bond acceptors (Lipinski definition) is 5. The van der Waals surface area contributed by atoms with E-state index in [1.807, 2.05) is 18.2 Å². The van der Waals surface area contributed by atoms with Crippen molar-refractivity contribution in [1.82, 2.24) is 0 Å². The highest BCUT2D eigenvalue weighted by molar-refractivity contribution is 5.88. The standard InChI is InChI=1S/C43H52F2O5/c1-6-8-9-10-30-11-13-33(14-12-30)34-15-17-35(18-16-34)38-20-19-36(22-32(38)7-2)37-23-40(44)39(41(45)24-37)21-31(26-49-42(47)28(3)4)27-50-43(48)29(5)25-46/h15-20,22-24,30-31,33,46H,3,5-14,21,25-27H2,1-2,4H3. The van der Waals surface area contributed by atoms with E-state index < -0.39 is 36.1 Å². The maximum Gasteiger partial charge on any atom is 0.335 e. The first kappa shape index (κ1) is 38.7. The van der Waals surface area contributed by atoms with Crippen LogP contribution in [-0.4, -0.2) is 36.9 Å². The lowest BCUT2D eigenvalue weighted by Gasteiger charge is -2.29. The molecule has 1 atom stereocenters. The average Bonchev–Trinajstić information content (AvgIpc) is 3.13. The molecule has 0 bridgehead atoms. The van der Waals surface area contributed by atoms with Crippen molar-refractivity contribution in [2.75, 3.05) is 19.8 Å². The summed E-state index contributed by atoms with van der Waals surface area (Å²) in [7, 11) is 0. The lowest BCUT2D eigenvalue weighted by Crippen LogP contribution is -2.24. The van der Waals surface area contributed by atoms with Crippen LogP contribution in [0.2, 0.25) is 0 Å². The summed E-state index contributed by atoms with van der Waals surface area (Å²) < 4.78 is 41.5. The van der Waals surface area contributed by atoms with E-state index in [4.69, 9.17) is 14.6 Å². The van der Waals surface area contributed by atoms with Gasteiger partial charge in [-0.15, -0.1) is 0 Å². The molecule has 5 nitrogen and oxygen atoms in total. The fourth-order valence-corrected chi connectivity index (χ4v) is 6.85. The van der Waals surface area contributed by atoms with Crippen LogP contribution >= 0.6 is 0 Å². The second-order valence-electron chi connectivity index (χ2n) is 13.8. The Kier molecular flexibility index (Phi) is 14.5. The summed E-state index contributed by atoms with van der Waals surface area (Å²) in [6, 6.07) is 17.4. The highest BCUT2D eigenvalue weighted by atomic mass is 19.1. The second kappa shape index (κ2) is 18.8. The molecule has 0 spiro atoms. The van der Waals surface area contributed by atoms with Crippen LogP contribution in [0.15, 0.2) is 78.9 Å². The van der Waals surface area contributed by atoms with Gasteiger partial charge in [-0.3, -0.25) is 0 Å². The maximum atomic E-state index is 15.6. The van der Waals surface area contributed by atoms with Crippen LogP contribution in [0.5, 0.6) is 0 Å². The minimum Gasteiger partial charge on any atom is -0.462 e. The molecule has 0 heterocycles. The number of esters is 2. The number of hydrogen-bond donors (Lipinski definition) is 1. The molecule has 0 amide bonds. The van der Waals surface area contributed by atoms with E-state index in [-0.39, 0.29) is 36.3 Å². The summed E-state index contributed by atoms with van der Waals surface area (Å²) in [5.41, 5.74) is 5.61. The topological polar surface area (TPSA) is 72.8 Å². The molecule has 1 N–H and O–H groups in total. The first-order valence-corrected chi connectivity index (χ1v) is 18.0. The minimum absolute atomic E-state index is 0.163. The summed E-state index contributed by atoms with van der Waals surface area (Å²) in [5, 5.41) is 9.15. The molecule has 0 radical (unpaired) electrons. The third-order valence-electron chi connectivity index (χ3n) is 9.94. The summed E-state index contributed by atoms with van der Waals surface area (Å²) in [6.45, 7) is 11.6. The molecule has 7 heteroatoms. The SMILES string of the molecule is C=C(C)C(=O)OCC(COC(=O)C(=C)CO)Cc1c(F)cc(-c2ccc(-c3ccc(C4CCC(CCCCC)CC4)cc3)c(CC)c2)cc1F. The average molecular weight is 687 g/mol. The summed E-state index contributed by atoms with van der Waals surface area (Å²) in [4.78, 5) is 24.0. The van der Waals surface area contributed by atoms with Crippen LogP contribution in [0.1, 0.15) is 94.7 Å². The number of ether oxygens (including phenoxy) is 2. The van der Waals surface area contributed by atoms with E-state index in [0.29, 0.717) is 17.0 Å². The number of carbonyl (C=O) groups is 2. The Morgan fingerprint density at radius 3 is 2.04 bits per heavy atom. The molecule has 0 aliphatic heterocycles. The van der Waals surface area contributed by atoms with Gasteiger partial charge in [0.2, 0.25) is 0 Å². The lowest BCUT2D eigenvalue weighted by molar-refractivity contribution is -0.144. The van der Waals surface area contributed by atoms with Crippen LogP contribution < -0.4 is 0 Å². The van der Waals surface area contributed by atoms with Gasteiger partial charge in [0.1, 0.15) is 11.6 Å². The molecule has 1 saturated carbocycles. The van der Waals surface area contributed by atoms with Crippen molar-refractivity contribution in [1.29, 1.82) is 0 Å². The molecule has 1 aliphatic rings. The number of aliphatic hydroxyl groups is 1. The van der Waals surface area contributed by atoms with Crippen molar-refractivity contribution >= 4 is 11.9 Å². The Labute approximate surface area is 296 Å². The minimum atomic E-state index is -0.846. The predicted molar refractivity (Wildman–Crippen MR) is 196 cm³/mol. The van der Waals surface area contributed by atoms with E-state index in [1.165, 1.54) is 76.0 Å². The van der Waals surface area contributed by atoms with Gasteiger partial charge in [-0.2, -0.15) is 0 Å². The van der Waals surface area contributed by atoms with Crippen LogP contribution in [0.4, 0.5) is 8.78 Å². The van der Waals surface area contributed by atoms with Gasteiger partial charge < -0.3 is 14.6 Å². The van der Waals surface area contributed by atoms with Crippen molar-refractivity contribution in [3.63, 3.8) is 0 Å². The molecule has 3 aromatic carbocycles. The molecular weight excluding hydrogens is 634 g/mol. The Morgan fingerprint density at radius 2 is 1.46 bits per heavy atom. The number of halogens is 2. The highest BCUT2D eigenvalue weighted by Gasteiger charge is 2.24. The number of aryl methyl sites for hydroxylation is 1. The molecule has 0 aromatic heterocycles. The van der Waals surface area contributed by atoms with Crippen LogP contribution in [0.25, 0.3) is 22.3 Å². The van der Waals surface area contributed by atoms with Gasteiger partial charge in [0.05, 0.1) is 25.4 Å². The molecule has 1 fully saturated rings. The third kappa shape index (κ3) is 10.5. The van der Waals surface area contributed by atoms with E-state index in [9.17, 15) is 9.59 Å². The van der Waals surface area contributed by atoms with Crippen LogP contribution in [0, 0.1) is 23.5 Å². The Morgan fingerprint density at radius 1 is 0.840 bits per heavy atom. The molecular formula is C43H52F2O5. The normalized spacial score (nSPS) is 16.4. The van der Waals surface area contributed by atoms with Crippen molar-refractivity contribution in [2.45, 2.75) is 90.9 Å². The van der Waals surface area contributed by atoms with Crippen LogP contribution in [-0.2, 0) is 31.9 Å². The quantitative estimate of drug-likeness (QED) is 0.0870. The largest absolute Gasteiger partial charge is 0.462 e. The fraction of sp³-hybridized carbons (Fsp3) is 0.442. The number of unbranched alkanes of at least 4 members (excludes halogenated alkanes) is 2. The molecule has 3 aromatic rings. The number of aliphatic hydroxyl groups excluding tert-OH is 1. The molecule has 4 rings (SSSR count). The van der Waals surface area contributed by atoms with Gasteiger partial charge in [-0.05, 0) is 103 Å². The maximum absolute atomic E-state index is 15.6. The Hall–Kier alpha value is -4.10. The van der Waals surface area contributed by atoms with E-state index >= 15 is 8.78 Å². The summed E-state index contributed by atoms with van der Waals surface area (Å²) in [5.74, 6) is -2.28. The number of rotatable bonds is 17. The summed E-state index contributed by atoms with van der Waals surface area (Å²) >= 11 is 0. The molecule has 0 saturated heterocycles. The fourth-order valence-electron chi connectivity index (χ4n) is 6.85. The van der Waals surface area contributed by atoms with Crippen molar-refractivity contribution < 1.29 is 33.0 Å². The Balaban J connectivity index is 1.47. The predicted octanol–water partition coefficient (Wildman–Crippen LogP) is 10.1. The van der Waals surface area contributed by atoms with E-state index in [1.54, 1.807) is 0 Å². The van der Waals surface area contributed by atoms with Gasteiger partial charge in [0.25, 0.3) is 0 Å². The van der Waals surface area contributed by atoms with Crippen molar-refractivity contribution in [3.8, 4) is 22.3 Å². The van der Waals surface area contributed by atoms with Crippen molar-refractivity contribution in [2.24, 2.45) is 11.8 Å². The van der Waals surface area contributed by atoms with Gasteiger partial charge in [-0.1, -0.05) is 95.2 Å². The van der Waals surface area contributed by atoms with Crippen molar-refractivity contribution in [3.05, 3.63) is 107 Å². The third-order valence-corrected chi connectivity index (χ3v) is 9.94. The number of carbonyl (C=O) groups excluding carboxylic acids is 2.